The number of hydrogen-bond acceptors (Lipinski definition) is 2. The molecule has 3 nitrogen and oxygen atoms in total. The molecular formula is C7H8AuNO2. The van der Waals surface area contributed by atoms with E-state index in [0.717, 1.165) is 11.1 Å². The van der Waals surface area contributed by atoms with Crippen molar-refractivity contribution in [1.29, 1.82) is 0 Å². The van der Waals surface area contributed by atoms with Crippen molar-refractivity contribution in [3.63, 3.8) is 0 Å². The number of rotatable bonds is 3. The van der Waals surface area contributed by atoms with Crippen LogP contribution in [-0.4, -0.2) is 23.3 Å². The molecule has 1 heterocycles. The summed E-state index contributed by atoms with van der Waals surface area (Å²) < 4.78 is 0.942. The van der Waals surface area contributed by atoms with E-state index < -0.39 is 0 Å². The zero-order valence-corrected chi connectivity index (χ0v) is 8.01. The van der Waals surface area contributed by atoms with Crippen LogP contribution >= 0.6 is 0 Å². The molecule has 0 fully saturated rings. The molecule has 0 unspecified atom stereocenters. The molecule has 0 saturated carbocycles. The molecule has 0 radical (unpaired) electrons. The van der Waals surface area contributed by atoms with Crippen molar-refractivity contribution in [3.8, 4) is 0 Å². The van der Waals surface area contributed by atoms with Crippen LogP contribution in [0.25, 0.3) is 0 Å². The zero-order chi connectivity index (χ0) is 8.27. The van der Waals surface area contributed by atoms with Gasteiger partial charge >= 0.3 is 77.1 Å². The van der Waals surface area contributed by atoms with E-state index in [4.69, 9.17) is 0 Å². The number of amides is 2. The number of nitrogens with zero attached hydrogens (tertiary/aromatic N) is 1. The molecule has 0 aromatic rings. The average molecular weight is 335 g/mol. The molecular weight excluding hydrogens is 327 g/mol. The van der Waals surface area contributed by atoms with Gasteiger partial charge in [0.15, 0.2) is 0 Å². The van der Waals surface area contributed by atoms with Gasteiger partial charge in [-0.05, 0) is 0 Å². The molecule has 0 bridgehead atoms. The quantitative estimate of drug-likeness (QED) is 0.548. The second-order valence-corrected chi connectivity index (χ2v) is 3.25. The van der Waals surface area contributed by atoms with Crippen molar-refractivity contribution < 1.29 is 30.7 Å². The summed E-state index contributed by atoms with van der Waals surface area (Å²) in [6.45, 7) is 0.543. The second kappa shape index (κ2) is 3.85. The van der Waals surface area contributed by atoms with Crippen LogP contribution in [0.15, 0.2) is 12.2 Å². The Labute approximate surface area is 77.4 Å². The third-order valence-corrected chi connectivity index (χ3v) is 2.15. The average Bonchev–Trinajstić information content (AvgIpc) is 2.29. The van der Waals surface area contributed by atoms with Crippen LogP contribution in [0.4, 0.5) is 0 Å². The summed E-state index contributed by atoms with van der Waals surface area (Å²) in [4.78, 5) is 23.1. The molecule has 0 aliphatic carbocycles. The maximum absolute atomic E-state index is 10.9. The van der Waals surface area contributed by atoms with Gasteiger partial charge in [0.2, 0.25) is 0 Å². The molecule has 0 saturated heterocycles. The molecule has 1 aliphatic heterocycles. The van der Waals surface area contributed by atoms with Gasteiger partial charge in [-0.15, -0.1) is 0 Å². The molecule has 0 N–H and O–H groups in total. The van der Waals surface area contributed by atoms with Crippen molar-refractivity contribution in [2.24, 2.45) is 0 Å². The first-order valence-electron chi connectivity index (χ1n) is 3.30. The molecule has 0 aromatic carbocycles. The van der Waals surface area contributed by atoms with Crippen LogP contribution in [0.1, 0.15) is 6.42 Å². The minimum atomic E-state index is -0.184. The van der Waals surface area contributed by atoms with E-state index in [1.165, 1.54) is 17.1 Å². The molecule has 64 valence electrons. The number of carbonyl (C=O) groups is 2. The first-order chi connectivity index (χ1) is 5.25. The summed E-state index contributed by atoms with van der Waals surface area (Å²) in [6.07, 6.45) is 3.49. The Morgan fingerprint density at radius 3 is 2.27 bits per heavy atom. The third-order valence-electron chi connectivity index (χ3n) is 1.39. The molecule has 4 heteroatoms. The van der Waals surface area contributed by atoms with Crippen LogP contribution in [0.2, 0.25) is 4.64 Å². The Bertz CT molecular complexity index is 194. The second-order valence-electron chi connectivity index (χ2n) is 2.17. The van der Waals surface area contributed by atoms with Crippen molar-refractivity contribution in [1.82, 2.24) is 4.90 Å². The SMILES string of the molecule is O=C1C=CC(=O)N1CC[CH2][Au]. The van der Waals surface area contributed by atoms with Gasteiger partial charge in [-0.2, -0.15) is 0 Å². The number of hydrogen-bond donors (Lipinski definition) is 0. The van der Waals surface area contributed by atoms with Crippen LogP contribution in [-0.2, 0) is 30.7 Å². The fourth-order valence-electron chi connectivity index (χ4n) is 0.857. The standard InChI is InChI=1S/C7H8NO2.Au/c1-2-5-8-6(9)3-4-7(8)10;/h3-4H,1-2,5H2;. The summed E-state index contributed by atoms with van der Waals surface area (Å²) in [7, 11) is 0. The van der Waals surface area contributed by atoms with Gasteiger partial charge in [-0.3, -0.25) is 0 Å². The van der Waals surface area contributed by atoms with Crippen LogP contribution in [0, 0.1) is 0 Å². The van der Waals surface area contributed by atoms with Gasteiger partial charge in [-0.25, -0.2) is 0 Å². The zero-order valence-electron chi connectivity index (χ0n) is 5.84. The summed E-state index contributed by atoms with van der Waals surface area (Å²) >= 11 is 2.38. The molecule has 11 heavy (non-hydrogen) atoms. The van der Waals surface area contributed by atoms with Gasteiger partial charge in [-0.1, -0.05) is 0 Å². The van der Waals surface area contributed by atoms with E-state index in [9.17, 15) is 9.59 Å². The molecule has 0 spiro atoms. The van der Waals surface area contributed by atoms with Crippen molar-refractivity contribution >= 4 is 11.8 Å². The first kappa shape index (κ1) is 8.71. The van der Waals surface area contributed by atoms with E-state index in [1.54, 1.807) is 0 Å². The first-order valence-corrected chi connectivity index (χ1v) is 4.83. The van der Waals surface area contributed by atoms with Crippen LogP contribution in [0.3, 0.4) is 0 Å². The Kier molecular flexibility index (Phi) is 3.05. The summed E-state index contributed by atoms with van der Waals surface area (Å²) in [5.41, 5.74) is 0. The Morgan fingerprint density at radius 1 is 1.27 bits per heavy atom. The summed E-state index contributed by atoms with van der Waals surface area (Å²) in [6, 6.07) is 0. The monoisotopic (exact) mass is 335 g/mol. The van der Waals surface area contributed by atoms with Gasteiger partial charge in [0.05, 0.1) is 0 Å². The van der Waals surface area contributed by atoms with Crippen LogP contribution < -0.4 is 0 Å². The number of imide groups is 1. The van der Waals surface area contributed by atoms with Gasteiger partial charge in [0.1, 0.15) is 0 Å². The Hall–Kier alpha value is -0.380. The molecule has 2 amide bonds. The van der Waals surface area contributed by atoms with Gasteiger partial charge in [0.25, 0.3) is 0 Å². The third kappa shape index (κ3) is 2.02. The normalized spacial score (nSPS) is 16.7. The van der Waals surface area contributed by atoms with E-state index in [1.807, 2.05) is 0 Å². The molecule has 0 atom stereocenters. The fraction of sp³-hybridized carbons (Fsp3) is 0.429. The molecule has 1 rings (SSSR count). The minimum absolute atomic E-state index is 0.184. The number of carbonyl (C=O) groups excluding carboxylic acids is 2. The predicted molar refractivity (Wildman–Crippen MR) is 35.3 cm³/mol. The van der Waals surface area contributed by atoms with Gasteiger partial charge in [0, 0.05) is 0 Å². The predicted octanol–water partition coefficient (Wildman–Crippen LogP) is 0.267. The molecule has 1 aliphatic rings. The fourth-order valence-corrected chi connectivity index (χ4v) is 1.20. The van der Waals surface area contributed by atoms with Crippen LogP contribution in [0.5, 0.6) is 0 Å². The Morgan fingerprint density at radius 2 is 1.82 bits per heavy atom. The van der Waals surface area contributed by atoms with Gasteiger partial charge < -0.3 is 0 Å². The van der Waals surface area contributed by atoms with E-state index >= 15 is 0 Å². The van der Waals surface area contributed by atoms with Crippen molar-refractivity contribution in [2.45, 2.75) is 11.1 Å². The maximum atomic E-state index is 10.9. The molecule has 0 aromatic heterocycles. The Balaban J connectivity index is 2.46. The topological polar surface area (TPSA) is 37.4 Å². The van der Waals surface area contributed by atoms with Crippen molar-refractivity contribution in [2.75, 3.05) is 6.54 Å². The summed E-state index contributed by atoms with van der Waals surface area (Å²) in [5.74, 6) is -0.367. The van der Waals surface area contributed by atoms with E-state index in [2.05, 4.69) is 21.1 Å². The van der Waals surface area contributed by atoms with E-state index in [0.29, 0.717) is 6.54 Å². The summed E-state index contributed by atoms with van der Waals surface area (Å²) in [5, 5.41) is 0. The van der Waals surface area contributed by atoms with E-state index in [-0.39, 0.29) is 11.8 Å². The van der Waals surface area contributed by atoms with Crippen molar-refractivity contribution in [3.05, 3.63) is 12.2 Å².